The molecule has 8 heteroatoms. The first-order valence-corrected chi connectivity index (χ1v) is 5.18. The van der Waals surface area contributed by atoms with Crippen molar-refractivity contribution in [2.75, 3.05) is 5.73 Å². The molecule has 3 N–H and O–H groups in total. The third-order valence-electron chi connectivity index (χ3n) is 2.34. The van der Waals surface area contributed by atoms with E-state index in [1.165, 1.54) is 12.4 Å². The maximum Gasteiger partial charge on any atom is 0.281 e. The molecule has 2 rings (SSSR count). The van der Waals surface area contributed by atoms with E-state index in [0.29, 0.717) is 0 Å². The van der Waals surface area contributed by atoms with E-state index in [4.69, 9.17) is 5.73 Å². The van der Waals surface area contributed by atoms with E-state index in [2.05, 4.69) is 10.1 Å². The highest BCUT2D eigenvalue weighted by Crippen LogP contribution is 2.12. The Labute approximate surface area is 107 Å². The highest BCUT2D eigenvalue weighted by molar-refractivity contribution is 6.05. The number of amides is 2. The van der Waals surface area contributed by atoms with Crippen LogP contribution >= 0.6 is 0 Å². The van der Waals surface area contributed by atoms with Crippen LogP contribution in [0.15, 0.2) is 30.7 Å². The summed E-state index contributed by atoms with van der Waals surface area (Å²) in [7, 11) is 0. The number of anilines is 1. The van der Waals surface area contributed by atoms with Gasteiger partial charge < -0.3 is 5.73 Å². The Morgan fingerprint density at radius 3 is 2.79 bits per heavy atom. The smallest absolute Gasteiger partial charge is 0.281 e. The van der Waals surface area contributed by atoms with Crippen LogP contribution in [0.2, 0.25) is 0 Å². The third kappa shape index (κ3) is 2.32. The number of nitrogens with zero attached hydrogens (tertiary/aromatic N) is 3. The van der Waals surface area contributed by atoms with Crippen molar-refractivity contribution >= 4 is 24.0 Å². The fraction of sp³-hybridized carbons (Fsp3) is 0. The number of aromatic nitrogens is 3. The molecule has 0 atom stereocenters. The maximum atomic E-state index is 12.0. The van der Waals surface area contributed by atoms with Crippen LogP contribution in [0.3, 0.4) is 0 Å². The van der Waals surface area contributed by atoms with Gasteiger partial charge in [-0.3, -0.25) is 24.7 Å². The fourth-order valence-electron chi connectivity index (χ4n) is 1.44. The van der Waals surface area contributed by atoms with E-state index in [1.54, 1.807) is 12.1 Å². The summed E-state index contributed by atoms with van der Waals surface area (Å²) >= 11 is 0. The first kappa shape index (κ1) is 12.4. The molecule has 0 spiro atoms. The molecule has 2 amide bonds. The summed E-state index contributed by atoms with van der Waals surface area (Å²) < 4.78 is 0.872. The first-order valence-electron chi connectivity index (χ1n) is 5.18. The molecular formula is C11H9N5O3. The second kappa shape index (κ2) is 5.08. The number of hydrogen-bond acceptors (Lipinski definition) is 6. The minimum Gasteiger partial charge on any atom is -0.383 e. The normalized spacial score (nSPS) is 9.89. The van der Waals surface area contributed by atoms with Crippen LogP contribution in [0.1, 0.15) is 20.7 Å². The molecule has 0 bridgehead atoms. The molecule has 0 aliphatic carbocycles. The van der Waals surface area contributed by atoms with Gasteiger partial charge in [0, 0.05) is 12.4 Å². The molecule has 2 aromatic rings. The van der Waals surface area contributed by atoms with Gasteiger partial charge in [0.2, 0.25) is 6.41 Å². The minimum atomic E-state index is -0.724. The fourth-order valence-corrected chi connectivity index (χ4v) is 1.44. The first-order chi connectivity index (χ1) is 9.15. The van der Waals surface area contributed by atoms with Gasteiger partial charge in [0.15, 0.2) is 0 Å². The second-order valence-electron chi connectivity index (χ2n) is 3.49. The lowest BCUT2D eigenvalue weighted by atomic mass is 10.2. The van der Waals surface area contributed by atoms with E-state index in [0.717, 1.165) is 10.9 Å². The molecule has 0 unspecified atom stereocenters. The van der Waals surface area contributed by atoms with Crippen molar-refractivity contribution < 1.29 is 14.4 Å². The van der Waals surface area contributed by atoms with Crippen LogP contribution in [0.4, 0.5) is 5.82 Å². The summed E-state index contributed by atoms with van der Waals surface area (Å²) in [4.78, 5) is 37.5. The standard InChI is InChI=1S/C11H9N5O3/c12-9-8(10(18)14-6-17)5-15-16(9)11(19)7-2-1-3-13-4-7/h1-6H,12H2,(H,14,17,18). The lowest BCUT2D eigenvalue weighted by molar-refractivity contribution is -0.108. The highest BCUT2D eigenvalue weighted by Gasteiger charge is 2.19. The van der Waals surface area contributed by atoms with Gasteiger partial charge in [-0.05, 0) is 12.1 Å². The summed E-state index contributed by atoms with van der Waals surface area (Å²) in [5, 5.41) is 5.65. The number of pyridine rings is 1. The van der Waals surface area contributed by atoms with E-state index >= 15 is 0 Å². The molecule has 8 nitrogen and oxygen atoms in total. The predicted molar refractivity (Wildman–Crippen MR) is 64.1 cm³/mol. The van der Waals surface area contributed by atoms with Crippen molar-refractivity contribution in [3.05, 3.63) is 41.9 Å². The van der Waals surface area contributed by atoms with Gasteiger partial charge in [-0.2, -0.15) is 9.78 Å². The van der Waals surface area contributed by atoms with Crippen LogP contribution < -0.4 is 11.1 Å². The largest absolute Gasteiger partial charge is 0.383 e. The molecule has 0 fully saturated rings. The van der Waals surface area contributed by atoms with Crippen LogP contribution in [-0.4, -0.2) is 33.0 Å². The average Bonchev–Trinajstić information content (AvgIpc) is 2.81. The molecule has 0 radical (unpaired) electrons. The predicted octanol–water partition coefficient (Wildman–Crippen LogP) is -0.565. The van der Waals surface area contributed by atoms with Gasteiger partial charge in [0.05, 0.1) is 11.8 Å². The molecule has 19 heavy (non-hydrogen) atoms. The van der Waals surface area contributed by atoms with Gasteiger partial charge in [-0.15, -0.1) is 0 Å². The Morgan fingerprint density at radius 1 is 1.37 bits per heavy atom. The summed E-state index contributed by atoms with van der Waals surface area (Å²) in [6, 6.07) is 3.13. The number of carbonyl (C=O) groups excluding carboxylic acids is 3. The molecule has 0 aliphatic rings. The minimum absolute atomic E-state index is 0.0515. The zero-order valence-corrected chi connectivity index (χ0v) is 9.61. The van der Waals surface area contributed by atoms with Gasteiger partial charge in [0.25, 0.3) is 11.8 Å². The number of imide groups is 1. The third-order valence-corrected chi connectivity index (χ3v) is 2.34. The Morgan fingerprint density at radius 2 is 2.16 bits per heavy atom. The molecule has 0 saturated heterocycles. The van der Waals surface area contributed by atoms with E-state index in [1.807, 2.05) is 5.32 Å². The van der Waals surface area contributed by atoms with Crippen molar-refractivity contribution in [1.29, 1.82) is 0 Å². The Kier molecular flexibility index (Phi) is 3.33. The van der Waals surface area contributed by atoms with Gasteiger partial charge in [0.1, 0.15) is 11.4 Å². The number of rotatable bonds is 3. The SMILES string of the molecule is Nc1c(C(=O)NC=O)cnn1C(=O)c1cccnc1. The van der Waals surface area contributed by atoms with Crippen molar-refractivity contribution in [1.82, 2.24) is 20.1 Å². The van der Waals surface area contributed by atoms with Gasteiger partial charge >= 0.3 is 0 Å². The summed E-state index contributed by atoms with van der Waals surface area (Å²) in [5.41, 5.74) is 5.88. The monoisotopic (exact) mass is 259 g/mol. The number of hydrogen-bond donors (Lipinski definition) is 2. The van der Waals surface area contributed by atoms with E-state index in [-0.39, 0.29) is 23.4 Å². The maximum absolute atomic E-state index is 12.0. The Balaban J connectivity index is 2.35. The van der Waals surface area contributed by atoms with Crippen LogP contribution in [0, 0.1) is 0 Å². The lowest BCUT2D eigenvalue weighted by Crippen LogP contribution is -2.23. The summed E-state index contributed by atoms with van der Waals surface area (Å²) in [5.74, 6) is -1.39. The second-order valence-corrected chi connectivity index (χ2v) is 3.49. The Bertz CT molecular complexity index is 635. The van der Waals surface area contributed by atoms with Gasteiger partial charge in [-0.1, -0.05) is 0 Å². The molecule has 2 heterocycles. The summed E-state index contributed by atoms with van der Waals surface area (Å²) in [6.07, 6.45) is 4.21. The van der Waals surface area contributed by atoms with Crippen molar-refractivity contribution in [3.63, 3.8) is 0 Å². The highest BCUT2D eigenvalue weighted by atomic mass is 16.2. The lowest BCUT2D eigenvalue weighted by Gasteiger charge is -2.03. The van der Waals surface area contributed by atoms with E-state index in [9.17, 15) is 14.4 Å². The number of nitrogens with one attached hydrogen (secondary N) is 1. The molecule has 0 aliphatic heterocycles. The van der Waals surface area contributed by atoms with E-state index < -0.39 is 11.8 Å². The quantitative estimate of drug-likeness (QED) is 0.712. The number of nitrogen functional groups attached to an aromatic ring is 1. The Hall–Kier alpha value is -3.03. The van der Waals surface area contributed by atoms with Crippen molar-refractivity contribution in [3.8, 4) is 0 Å². The molecule has 2 aromatic heterocycles. The zero-order chi connectivity index (χ0) is 13.8. The molecule has 96 valence electrons. The zero-order valence-electron chi connectivity index (χ0n) is 9.61. The number of nitrogens with two attached hydrogens (primary N) is 1. The summed E-state index contributed by atoms with van der Waals surface area (Å²) in [6.45, 7) is 0. The van der Waals surface area contributed by atoms with Crippen LogP contribution in [0.5, 0.6) is 0 Å². The molecule has 0 saturated carbocycles. The van der Waals surface area contributed by atoms with Gasteiger partial charge in [-0.25, -0.2) is 0 Å². The van der Waals surface area contributed by atoms with Crippen molar-refractivity contribution in [2.45, 2.75) is 0 Å². The average molecular weight is 259 g/mol. The van der Waals surface area contributed by atoms with Crippen molar-refractivity contribution in [2.24, 2.45) is 0 Å². The molecule has 0 aromatic carbocycles. The molecular weight excluding hydrogens is 250 g/mol. The number of carbonyl (C=O) groups is 3. The van der Waals surface area contributed by atoms with Crippen LogP contribution in [-0.2, 0) is 4.79 Å². The topological polar surface area (TPSA) is 120 Å². The van der Waals surface area contributed by atoms with Crippen LogP contribution in [0.25, 0.3) is 0 Å².